The van der Waals surface area contributed by atoms with Crippen LogP contribution in [0.4, 0.5) is 29.7 Å². The van der Waals surface area contributed by atoms with E-state index in [4.69, 9.17) is 14.7 Å². The zero-order valence-corrected chi connectivity index (χ0v) is 33.2. The largest absolute Gasteiger partial charge is 0.508 e. The van der Waals surface area contributed by atoms with Gasteiger partial charge in [0.05, 0.1) is 18.9 Å². The molecule has 2 aliphatic heterocycles. The number of nitrogens with one attached hydrogen (secondary N) is 2. The topological polar surface area (TPSA) is 264 Å². The van der Waals surface area contributed by atoms with Crippen molar-refractivity contribution in [3.63, 3.8) is 0 Å². The lowest BCUT2D eigenvalue weighted by Gasteiger charge is -2.27. The van der Waals surface area contributed by atoms with Crippen LogP contribution in [0.3, 0.4) is 0 Å². The highest BCUT2D eigenvalue weighted by Gasteiger charge is 2.48. The maximum absolute atomic E-state index is 13.5. The molecule has 63 heavy (non-hydrogen) atoms. The van der Waals surface area contributed by atoms with Gasteiger partial charge in [-0.2, -0.15) is 27.9 Å². The number of aromatic nitrogens is 9. The van der Waals surface area contributed by atoms with Crippen molar-refractivity contribution in [3.8, 4) is 11.5 Å². The van der Waals surface area contributed by atoms with Crippen molar-refractivity contribution in [2.45, 2.75) is 69.1 Å². The van der Waals surface area contributed by atoms with Crippen LogP contribution in [0.1, 0.15) is 54.1 Å². The number of alkyl halides is 3. The third-order valence-electron chi connectivity index (χ3n) is 10.6. The molecule has 330 valence electrons. The summed E-state index contributed by atoms with van der Waals surface area (Å²) >= 11 is 0. The molecule has 0 radical (unpaired) electrons. The molecule has 6 heterocycles. The van der Waals surface area contributed by atoms with Gasteiger partial charge in [0.1, 0.15) is 23.7 Å². The number of imidazole rings is 1. The second-order valence-electron chi connectivity index (χ2n) is 14.7. The summed E-state index contributed by atoms with van der Waals surface area (Å²) in [5, 5.41) is 60.8. The van der Waals surface area contributed by atoms with E-state index in [1.54, 1.807) is 48.2 Å². The Bertz CT molecular complexity index is 2500. The number of urea groups is 1. The Morgan fingerprint density at radius 2 is 1.67 bits per heavy atom. The molecule has 2 aliphatic rings. The van der Waals surface area contributed by atoms with Gasteiger partial charge in [0.15, 0.2) is 29.3 Å². The van der Waals surface area contributed by atoms with Crippen LogP contribution in [0.15, 0.2) is 79.4 Å². The lowest BCUT2D eigenvalue weighted by Crippen LogP contribution is -2.49. The number of aryl methyl sites for hydroxylation is 1. The Labute approximate surface area is 354 Å². The molecule has 0 spiro atoms. The van der Waals surface area contributed by atoms with Crippen molar-refractivity contribution in [3.05, 3.63) is 102 Å². The predicted octanol–water partition coefficient (Wildman–Crippen LogP) is 2.69. The number of aromatic hydroxyl groups is 2. The van der Waals surface area contributed by atoms with Gasteiger partial charge in [-0.1, -0.05) is 24.3 Å². The maximum Gasteiger partial charge on any atom is 0.493 e. The van der Waals surface area contributed by atoms with E-state index in [0.29, 0.717) is 17.2 Å². The van der Waals surface area contributed by atoms with Crippen molar-refractivity contribution in [1.82, 2.24) is 55.1 Å². The molecule has 2 saturated heterocycles. The highest BCUT2D eigenvalue weighted by atomic mass is 19.4. The van der Waals surface area contributed by atoms with Crippen LogP contribution in [0.5, 0.6) is 11.5 Å². The first-order chi connectivity index (χ1) is 30.3. The summed E-state index contributed by atoms with van der Waals surface area (Å²) in [4.78, 5) is 51.1. The van der Waals surface area contributed by atoms with Gasteiger partial charge in [-0.15, -0.1) is 15.3 Å². The van der Waals surface area contributed by atoms with Crippen LogP contribution in [0, 0.1) is 0 Å². The van der Waals surface area contributed by atoms with Gasteiger partial charge in [-0.05, 0) is 71.6 Å². The third kappa shape index (κ3) is 9.08. The van der Waals surface area contributed by atoms with Crippen LogP contribution in [-0.4, -0.2) is 126 Å². The van der Waals surface area contributed by atoms with Crippen molar-refractivity contribution in [2.75, 3.05) is 29.9 Å². The average molecular weight is 876 g/mol. The number of fused-ring (bicyclic) bond motifs is 1. The normalized spacial score (nSPS) is 20.0. The minimum atomic E-state index is -5.41. The van der Waals surface area contributed by atoms with Gasteiger partial charge in [-0.25, -0.2) is 14.6 Å². The van der Waals surface area contributed by atoms with E-state index in [9.17, 15) is 43.2 Å². The van der Waals surface area contributed by atoms with Crippen molar-refractivity contribution >= 4 is 34.9 Å². The summed E-state index contributed by atoms with van der Waals surface area (Å²) in [6, 6.07) is 14.1. The Morgan fingerprint density at radius 1 is 0.984 bits per heavy atom. The molecule has 21 nitrogen and oxygen atoms in total. The van der Waals surface area contributed by atoms with Gasteiger partial charge < -0.3 is 45.5 Å². The number of pyridine rings is 1. The fraction of sp³-hybridized carbons (Fsp3) is 0.359. The summed E-state index contributed by atoms with van der Waals surface area (Å²) in [7, 11) is 0. The number of carbonyl (C=O) groups is 2. The minimum Gasteiger partial charge on any atom is -0.508 e. The monoisotopic (exact) mass is 875 g/mol. The summed E-state index contributed by atoms with van der Waals surface area (Å²) in [5.74, 6) is -2.65. The van der Waals surface area contributed by atoms with Crippen LogP contribution < -0.4 is 15.5 Å². The van der Waals surface area contributed by atoms with E-state index in [1.807, 2.05) is 0 Å². The number of hydrogen-bond donors (Lipinski definition) is 6. The van der Waals surface area contributed by atoms with E-state index < -0.39 is 48.8 Å². The standard InChI is InChI=1S/C39H40F3N13O8/c1-2-54-50-33(49-51-54)31-29(58)30(59)35(62-31)53-20-46-28-32(44-18-27(22-3-7-25(56)8-4-22)23-5-9-26(57)10-6-23)47-37(48-34(28)53)52-16-13-24(19-52)55(63-36(60)39(40,41)42)38(61)45-17-21-11-14-43-15-12-21/h3-12,14-15,20,24,27,29-31,35,56-59H,2,13,16-19H2,1H3,(H,45,61)(H,44,47,48)/t24-,29+,30+,31+,35-/m1/s1. The number of halogens is 3. The average Bonchev–Trinajstić information content (AvgIpc) is 4.10. The fourth-order valence-electron chi connectivity index (χ4n) is 7.30. The molecule has 5 atom stereocenters. The highest BCUT2D eigenvalue weighted by molar-refractivity contribution is 5.85. The second-order valence-corrected chi connectivity index (χ2v) is 14.7. The number of phenols is 2. The highest BCUT2D eigenvalue weighted by Crippen LogP contribution is 2.40. The number of carbonyl (C=O) groups excluding carboxylic acids is 2. The number of hydroxylamine groups is 2. The van der Waals surface area contributed by atoms with Crippen LogP contribution in [0.25, 0.3) is 11.2 Å². The molecular formula is C39H40F3N13O8. The number of phenolic OH excluding ortho intramolecular Hbond substituents is 2. The SMILES string of the molecule is CCn1nnc([C@H]2O[C@@H](n3cnc4c(NCC(c5ccc(O)cc5)c5ccc(O)cc5)nc(N5CC[C@@H](N(OC(=O)C(F)(F)F)C(=O)NCc6ccncc6)C5)nc43)[C@@H](O)[C@@H]2O)n1. The molecule has 0 bridgehead atoms. The maximum atomic E-state index is 13.5. The smallest absolute Gasteiger partial charge is 0.493 e. The molecule has 8 rings (SSSR count). The number of tetrazole rings is 1. The molecule has 0 saturated carbocycles. The van der Waals surface area contributed by atoms with E-state index in [2.05, 4.69) is 40.8 Å². The molecule has 0 aliphatic carbocycles. The first kappa shape index (κ1) is 42.5. The Balaban J connectivity index is 1.13. The zero-order chi connectivity index (χ0) is 44.4. The molecular weight excluding hydrogens is 836 g/mol. The number of rotatable bonds is 12. The molecule has 4 aromatic heterocycles. The number of ether oxygens (including phenoxy) is 1. The molecule has 0 unspecified atom stereocenters. The first-order valence-electron chi connectivity index (χ1n) is 19.6. The van der Waals surface area contributed by atoms with E-state index in [1.165, 1.54) is 52.4 Å². The van der Waals surface area contributed by atoms with E-state index in [0.717, 1.165) is 11.1 Å². The number of aliphatic hydroxyl groups excluding tert-OH is 2. The minimum absolute atomic E-state index is 0.0106. The van der Waals surface area contributed by atoms with E-state index in [-0.39, 0.29) is 78.8 Å². The fourth-order valence-corrected chi connectivity index (χ4v) is 7.30. The quantitative estimate of drug-likeness (QED) is 0.0966. The van der Waals surface area contributed by atoms with E-state index >= 15 is 0 Å². The molecule has 24 heteroatoms. The number of amides is 2. The number of nitrogens with zero attached hydrogens (tertiary/aromatic N) is 11. The number of benzene rings is 2. The van der Waals surface area contributed by atoms with Gasteiger partial charge in [0.2, 0.25) is 11.8 Å². The van der Waals surface area contributed by atoms with Crippen molar-refractivity contribution in [1.29, 1.82) is 0 Å². The summed E-state index contributed by atoms with van der Waals surface area (Å²) in [6.45, 7) is 2.12. The zero-order valence-electron chi connectivity index (χ0n) is 33.2. The molecule has 2 aromatic carbocycles. The Morgan fingerprint density at radius 3 is 2.30 bits per heavy atom. The van der Waals surface area contributed by atoms with Crippen molar-refractivity contribution < 1.29 is 52.8 Å². The Kier molecular flexibility index (Phi) is 11.9. The van der Waals surface area contributed by atoms with Gasteiger partial charge in [-0.3, -0.25) is 9.55 Å². The number of anilines is 2. The molecule has 2 fully saturated rings. The summed E-state index contributed by atoms with van der Waals surface area (Å²) in [5.41, 5.74) is 2.47. The van der Waals surface area contributed by atoms with Gasteiger partial charge in [0.25, 0.3) is 0 Å². The lowest BCUT2D eigenvalue weighted by atomic mass is 9.91. The third-order valence-corrected chi connectivity index (χ3v) is 10.6. The molecule has 6 N–H and O–H groups in total. The summed E-state index contributed by atoms with van der Waals surface area (Å²) < 4.78 is 48.0. The van der Waals surface area contributed by atoms with Crippen LogP contribution in [0.2, 0.25) is 0 Å². The number of aliphatic hydroxyl groups is 2. The van der Waals surface area contributed by atoms with Crippen LogP contribution in [-0.2, 0) is 27.5 Å². The molecule has 6 aromatic rings. The van der Waals surface area contributed by atoms with Crippen molar-refractivity contribution in [2.24, 2.45) is 0 Å². The Hall–Kier alpha value is -7.18. The first-order valence-corrected chi connectivity index (χ1v) is 19.6. The van der Waals surface area contributed by atoms with Gasteiger partial charge >= 0.3 is 18.2 Å². The summed E-state index contributed by atoms with van der Waals surface area (Å²) in [6.07, 6.45) is -6.61. The number of hydrogen-bond acceptors (Lipinski definition) is 17. The van der Waals surface area contributed by atoms with Gasteiger partial charge in [0, 0.05) is 44.5 Å². The lowest BCUT2D eigenvalue weighted by molar-refractivity contribution is -0.232. The molecule has 2 amide bonds. The predicted molar refractivity (Wildman–Crippen MR) is 211 cm³/mol. The van der Waals surface area contributed by atoms with Crippen LogP contribution >= 0.6 is 0 Å². The second kappa shape index (κ2) is 17.7.